The highest BCUT2D eigenvalue weighted by molar-refractivity contribution is 6.30. The summed E-state index contributed by atoms with van der Waals surface area (Å²) in [5.41, 5.74) is 0.467. The lowest BCUT2D eigenvalue weighted by molar-refractivity contribution is -0.147. The van der Waals surface area contributed by atoms with Crippen LogP contribution < -0.4 is 0 Å². The molecule has 0 aliphatic heterocycles. The Balaban J connectivity index is 2.63. The van der Waals surface area contributed by atoms with Gasteiger partial charge < -0.3 is 14.9 Å². The fourth-order valence-electron chi connectivity index (χ4n) is 1.42. The summed E-state index contributed by atoms with van der Waals surface area (Å²) in [6.07, 6.45) is -2.60. The highest BCUT2D eigenvalue weighted by Crippen LogP contribution is 2.22. The van der Waals surface area contributed by atoms with E-state index in [9.17, 15) is 15.0 Å². The third-order valence-corrected chi connectivity index (χ3v) is 2.47. The van der Waals surface area contributed by atoms with Gasteiger partial charge in [0, 0.05) is 5.02 Å². The van der Waals surface area contributed by atoms with Crippen molar-refractivity contribution in [2.75, 3.05) is 6.61 Å². The van der Waals surface area contributed by atoms with E-state index >= 15 is 0 Å². The summed E-state index contributed by atoms with van der Waals surface area (Å²) in [4.78, 5) is 11.1. The fraction of sp³-hybridized carbons (Fsp3) is 0.417. The average Bonchev–Trinajstić information content (AvgIpc) is 2.28. The molecular formula is C12H15ClO4. The van der Waals surface area contributed by atoms with Gasteiger partial charge in [0.25, 0.3) is 0 Å². The van der Waals surface area contributed by atoms with Crippen molar-refractivity contribution in [1.29, 1.82) is 0 Å². The molecular weight excluding hydrogens is 244 g/mol. The summed E-state index contributed by atoms with van der Waals surface area (Å²) in [6, 6.07) is 6.50. The van der Waals surface area contributed by atoms with Crippen LogP contribution in [-0.4, -0.2) is 28.9 Å². The highest BCUT2D eigenvalue weighted by Gasteiger charge is 2.22. The molecule has 2 N–H and O–H groups in total. The third-order valence-electron chi connectivity index (χ3n) is 2.24. The molecule has 0 bridgehead atoms. The summed E-state index contributed by atoms with van der Waals surface area (Å²) < 4.78 is 4.69. The Kier molecular flexibility index (Phi) is 5.41. The van der Waals surface area contributed by atoms with Crippen molar-refractivity contribution in [3.05, 3.63) is 34.9 Å². The van der Waals surface area contributed by atoms with Gasteiger partial charge >= 0.3 is 5.97 Å². The Morgan fingerprint density at radius 2 is 2.18 bits per heavy atom. The summed E-state index contributed by atoms with van der Waals surface area (Å²) in [7, 11) is 0. The lowest BCUT2D eigenvalue weighted by atomic mass is 10.0. The molecule has 0 aliphatic rings. The molecule has 1 aromatic rings. The van der Waals surface area contributed by atoms with Crippen LogP contribution >= 0.6 is 11.6 Å². The zero-order valence-corrected chi connectivity index (χ0v) is 10.2. The molecule has 5 heteroatoms. The second kappa shape index (κ2) is 6.59. The lowest BCUT2D eigenvalue weighted by Crippen LogP contribution is -2.23. The summed E-state index contributed by atoms with van der Waals surface area (Å²) in [6.45, 7) is 1.93. The second-order valence-corrected chi connectivity index (χ2v) is 4.01. The minimum atomic E-state index is -1.20. The van der Waals surface area contributed by atoms with E-state index in [0.717, 1.165) is 0 Å². The van der Waals surface area contributed by atoms with Gasteiger partial charge in [-0.05, 0) is 24.6 Å². The zero-order chi connectivity index (χ0) is 12.8. The number of halogens is 1. The molecule has 0 amide bonds. The van der Waals surface area contributed by atoms with Crippen LogP contribution in [0.25, 0.3) is 0 Å². The number of carbonyl (C=O) groups excluding carboxylic acids is 1. The van der Waals surface area contributed by atoms with Crippen molar-refractivity contribution in [2.24, 2.45) is 0 Å². The SMILES string of the molecule is CCOC(=O)CC(O)C(O)c1cccc(Cl)c1. The Bertz CT molecular complexity index is 381. The molecule has 0 spiro atoms. The van der Waals surface area contributed by atoms with Crippen LogP contribution in [0.4, 0.5) is 0 Å². The van der Waals surface area contributed by atoms with Crippen LogP contribution in [0.5, 0.6) is 0 Å². The predicted molar refractivity (Wildman–Crippen MR) is 63.7 cm³/mol. The monoisotopic (exact) mass is 258 g/mol. The van der Waals surface area contributed by atoms with Gasteiger partial charge in [-0.2, -0.15) is 0 Å². The normalized spacial score (nSPS) is 14.1. The molecule has 17 heavy (non-hydrogen) atoms. The van der Waals surface area contributed by atoms with Crippen molar-refractivity contribution < 1.29 is 19.7 Å². The molecule has 0 saturated carbocycles. The summed E-state index contributed by atoms with van der Waals surface area (Å²) in [5, 5.41) is 19.9. The van der Waals surface area contributed by atoms with Gasteiger partial charge in [-0.3, -0.25) is 4.79 Å². The molecule has 1 aromatic carbocycles. The van der Waals surface area contributed by atoms with E-state index in [1.807, 2.05) is 0 Å². The van der Waals surface area contributed by atoms with Crippen LogP contribution in [0.2, 0.25) is 5.02 Å². The van der Waals surface area contributed by atoms with E-state index in [-0.39, 0.29) is 13.0 Å². The van der Waals surface area contributed by atoms with Crippen LogP contribution in [0, 0.1) is 0 Å². The molecule has 0 fully saturated rings. The molecule has 0 aromatic heterocycles. The number of carbonyl (C=O) groups is 1. The van der Waals surface area contributed by atoms with E-state index < -0.39 is 18.2 Å². The van der Waals surface area contributed by atoms with Gasteiger partial charge in [0.1, 0.15) is 6.10 Å². The van der Waals surface area contributed by atoms with Gasteiger partial charge in [0.2, 0.25) is 0 Å². The predicted octanol–water partition coefficient (Wildman–Crippen LogP) is 1.69. The largest absolute Gasteiger partial charge is 0.466 e. The highest BCUT2D eigenvalue weighted by atomic mass is 35.5. The molecule has 2 atom stereocenters. The van der Waals surface area contributed by atoms with Gasteiger partial charge in [-0.25, -0.2) is 0 Å². The Morgan fingerprint density at radius 1 is 1.47 bits per heavy atom. The first-order chi connectivity index (χ1) is 8.04. The standard InChI is InChI=1S/C12H15ClO4/c1-2-17-11(15)7-10(14)12(16)8-4-3-5-9(13)6-8/h3-6,10,12,14,16H,2,7H2,1H3. The molecule has 2 unspecified atom stereocenters. The molecule has 0 radical (unpaired) electrons. The number of aliphatic hydroxyl groups is 2. The van der Waals surface area contributed by atoms with Gasteiger partial charge in [0.05, 0.1) is 19.1 Å². The van der Waals surface area contributed by atoms with E-state index in [4.69, 9.17) is 11.6 Å². The van der Waals surface area contributed by atoms with Gasteiger partial charge in [-0.15, -0.1) is 0 Å². The van der Waals surface area contributed by atoms with Crippen LogP contribution in [0.15, 0.2) is 24.3 Å². The topological polar surface area (TPSA) is 66.8 Å². The molecule has 1 rings (SSSR count). The van der Waals surface area contributed by atoms with Crippen molar-refractivity contribution >= 4 is 17.6 Å². The minimum Gasteiger partial charge on any atom is -0.466 e. The molecule has 0 saturated heterocycles. The van der Waals surface area contributed by atoms with Crippen molar-refractivity contribution in [3.8, 4) is 0 Å². The Hall–Kier alpha value is -1.10. The molecule has 4 nitrogen and oxygen atoms in total. The molecule has 94 valence electrons. The quantitative estimate of drug-likeness (QED) is 0.789. The Morgan fingerprint density at radius 3 is 2.76 bits per heavy atom. The number of aliphatic hydroxyl groups excluding tert-OH is 2. The smallest absolute Gasteiger partial charge is 0.308 e. The first kappa shape index (κ1) is 14.0. The van der Waals surface area contributed by atoms with Crippen LogP contribution in [0.3, 0.4) is 0 Å². The number of benzene rings is 1. The van der Waals surface area contributed by atoms with E-state index in [0.29, 0.717) is 10.6 Å². The number of esters is 1. The van der Waals surface area contributed by atoms with Crippen molar-refractivity contribution in [2.45, 2.75) is 25.6 Å². The first-order valence-electron chi connectivity index (χ1n) is 5.31. The fourth-order valence-corrected chi connectivity index (χ4v) is 1.61. The number of ether oxygens (including phenoxy) is 1. The average molecular weight is 259 g/mol. The maximum atomic E-state index is 11.1. The van der Waals surface area contributed by atoms with Crippen molar-refractivity contribution in [1.82, 2.24) is 0 Å². The maximum Gasteiger partial charge on any atom is 0.308 e. The van der Waals surface area contributed by atoms with Crippen molar-refractivity contribution in [3.63, 3.8) is 0 Å². The van der Waals surface area contributed by atoms with Gasteiger partial charge in [0.15, 0.2) is 0 Å². The van der Waals surface area contributed by atoms with E-state index in [1.54, 1.807) is 31.2 Å². The van der Waals surface area contributed by atoms with Gasteiger partial charge in [-0.1, -0.05) is 23.7 Å². The summed E-state index contributed by atoms with van der Waals surface area (Å²) in [5.74, 6) is -0.541. The number of hydrogen-bond acceptors (Lipinski definition) is 4. The van der Waals surface area contributed by atoms with Crippen LogP contribution in [-0.2, 0) is 9.53 Å². The maximum absolute atomic E-state index is 11.1. The third kappa shape index (κ3) is 4.34. The molecule has 0 aliphatic carbocycles. The minimum absolute atomic E-state index is 0.248. The Labute approximate surface area is 105 Å². The van der Waals surface area contributed by atoms with E-state index in [1.165, 1.54) is 0 Å². The molecule has 0 heterocycles. The summed E-state index contributed by atoms with van der Waals surface area (Å²) >= 11 is 5.76. The number of rotatable bonds is 5. The first-order valence-corrected chi connectivity index (χ1v) is 5.69. The number of hydrogen-bond donors (Lipinski definition) is 2. The lowest BCUT2D eigenvalue weighted by Gasteiger charge is -2.17. The second-order valence-electron chi connectivity index (χ2n) is 3.58. The zero-order valence-electron chi connectivity index (χ0n) is 9.47. The van der Waals surface area contributed by atoms with E-state index in [2.05, 4.69) is 4.74 Å². The van der Waals surface area contributed by atoms with Crippen LogP contribution in [0.1, 0.15) is 25.0 Å².